The van der Waals surface area contributed by atoms with E-state index in [2.05, 4.69) is 24.0 Å². The highest BCUT2D eigenvalue weighted by molar-refractivity contribution is 7.99. The summed E-state index contributed by atoms with van der Waals surface area (Å²) in [6.45, 7) is 5.77. The van der Waals surface area contributed by atoms with E-state index in [1.807, 2.05) is 16.5 Å². The van der Waals surface area contributed by atoms with Gasteiger partial charge in [0.2, 0.25) is 15.9 Å². The van der Waals surface area contributed by atoms with Crippen molar-refractivity contribution in [2.24, 2.45) is 7.05 Å². The van der Waals surface area contributed by atoms with E-state index < -0.39 is 10.0 Å². The third-order valence-electron chi connectivity index (χ3n) is 6.36. The van der Waals surface area contributed by atoms with Crippen LogP contribution in [0, 0.1) is 0 Å². The quantitative estimate of drug-likeness (QED) is 0.570. The topological polar surface area (TPSA) is 97.6 Å². The number of ether oxygens (including phenoxy) is 1. The van der Waals surface area contributed by atoms with E-state index in [0.29, 0.717) is 43.0 Å². The number of hydrogen-bond donors (Lipinski definition) is 0. The molecule has 2 fully saturated rings. The van der Waals surface area contributed by atoms with Gasteiger partial charge in [-0.3, -0.25) is 4.79 Å². The zero-order valence-electron chi connectivity index (χ0n) is 19.3. The molecule has 0 saturated carbocycles. The molecule has 33 heavy (non-hydrogen) atoms. The van der Waals surface area contributed by atoms with Gasteiger partial charge < -0.3 is 14.2 Å². The molecule has 2 aromatic rings. The minimum Gasteiger partial charge on any atom is -0.379 e. The standard InChI is InChI=1S/C22H31N5O4S2/c1-16-5-4-6-17(2)27(16)20(28)15-32-22-24-23-21(25(22)3)18-7-9-19(10-8-18)33(29,30)26-11-13-31-14-12-26/h7-10,16-17H,4-6,11-15H2,1-3H3/t16-,17-/m1/s1. The molecule has 0 N–H and O–H groups in total. The number of carbonyl (C=O) groups is 1. The molecule has 2 aliphatic heterocycles. The van der Waals surface area contributed by atoms with Crippen molar-refractivity contribution in [1.82, 2.24) is 24.0 Å². The molecule has 1 amide bonds. The van der Waals surface area contributed by atoms with Crippen molar-refractivity contribution < 1.29 is 17.9 Å². The Bertz CT molecular complexity index is 1070. The molecule has 2 saturated heterocycles. The maximum absolute atomic E-state index is 12.8. The molecule has 0 aliphatic carbocycles. The number of amides is 1. The van der Waals surface area contributed by atoms with Gasteiger partial charge >= 0.3 is 0 Å². The van der Waals surface area contributed by atoms with Crippen LogP contribution in [0.4, 0.5) is 0 Å². The summed E-state index contributed by atoms with van der Waals surface area (Å²) in [5.74, 6) is 1.07. The Balaban J connectivity index is 1.43. The van der Waals surface area contributed by atoms with E-state index in [0.717, 1.165) is 18.4 Å². The molecule has 11 heteroatoms. The van der Waals surface area contributed by atoms with E-state index in [1.165, 1.54) is 22.5 Å². The second-order valence-electron chi connectivity index (χ2n) is 8.62. The fourth-order valence-electron chi connectivity index (χ4n) is 4.52. The van der Waals surface area contributed by atoms with Crippen LogP contribution in [0.3, 0.4) is 0 Å². The smallest absolute Gasteiger partial charge is 0.243 e. The SMILES string of the molecule is C[C@@H]1CCC[C@@H](C)N1C(=O)CSc1nnc(-c2ccc(S(=O)(=O)N3CCOCC3)cc2)n1C. The number of carbonyl (C=O) groups excluding carboxylic acids is 1. The molecule has 0 radical (unpaired) electrons. The number of morpholine rings is 1. The average molecular weight is 494 g/mol. The van der Waals surface area contributed by atoms with Crippen LogP contribution in [0.2, 0.25) is 0 Å². The molecule has 2 atom stereocenters. The predicted octanol–water partition coefficient (Wildman–Crippen LogP) is 2.38. The number of likely N-dealkylation sites (tertiary alicyclic amines) is 1. The number of piperidine rings is 1. The van der Waals surface area contributed by atoms with Crippen LogP contribution >= 0.6 is 11.8 Å². The summed E-state index contributed by atoms with van der Waals surface area (Å²) in [6, 6.07) is 7.23. The second-order valence-corrected chi connectivity index (χ2v) is 11.5. The van der Waals surface area contributed by atoms with Crippen LogP contribution in [0.25, 0.3) is 11.4 Å². The van der Waals surface area contributed by atoms with Crippen molar-refractivity contribution in [1.29, 1.82) is 0 Å². The van der Waals surface area contributed by atoms with E-state index in [1.54, 1.807) is 24.3 Å². The Labute approximate surface area is 199 Å². The minimum atomic E-state index is -3.54. The van der Waals surface area contributed by atoms with Crippen LogP contribution in [-0.2, 0) is 26.6 Å². The maximum atomic E-state index is 12.8. The summed E-state index contributed by atoms with van der Waals surface area (Å²) >= 11 is 1.38. The predicted molar refractivity (Wildman–Crippen MR) is 126 cm³/mol. The average Bonchev–Trinajstić information content (AvgIpc) is 3.18. The van der Waals surface area contributed by atoms with Gasteiger partial charge in [0, 0.05) is 37.8 Å². The van der Waals surface area contributed by atoms with Crippen molar-refractivity contribution in [3.63, 3.8) is 0 Å². The van der Waals surface area contributed by atoms with E-state index >= 15 is 0 Å². The number of rotatable bonds is 6. The third-order valence-corrected chi connectivity index (χ3v) is 9.28. The van der Waals surface area contributed by atoms with Crippen LogP contribution in [-0.4, -0.2) is 82.4 Å². The monoisotopic (exact) mass is 493 g/mol. The first-order valence-electron chi connectivity index (χ1n) is 11.3. The minimum absolute atomic E-state index is 0.127. The molecule has 180 valence electrons. The molecular formula is C22H31N5O4S2. The Morgan fingerprint density at radius 2 is 1.73 bits per heavy atom. The van der Waals surface area contributed by atoms with Gasteiger partial charge in [-0.2, -0.15) is 4.31 Å². The number of benzene rings is 1. The first-order chi connectivity index (χ1) is 15.8. The van der Waals surface area contributed by atoms with Crippen LogP contribution in [0.1, 0.15) is 33.1 Å². The largest absolute Gasteiger partial charge is 0.379 e. The van der Waals surface area contributed by atoms with Crippen LogP contribution in [0.15, 0.2) is 34.3 Å². The van der Waals surface area contributed by atoms with Crippen LogP contribution in [0.5, 0.6) is 0 Å². The lowest BCUT2D eigenvalue weighted by molar-refractivity contribution is -0.134. The van der Waals surface area contributed by atoms with Gasteiger partial charge in [0.15, 0.2) is 11.0 Å². The van der Waals surface area contributed by atoms with E-state index in [4.69, 9.17) is 4.74 Å². The fraction of sp³-hybridized carbons (Fsp3) is 0.591. The Morgan fingerprint density at radius 3 is 2.36 bits per heavy atom. The van der Waals surface area contributed by atoms with Crippen molar-refractivity contribution in [3.05, 3.63) is 24.3 Å². The third kappa shape index (κ3) is 5.11. The summed E-state index contributed by atoms with van der Waals surface area (Å²) in [7, 11) is -1.69. The van der Waals surface area contributed by atoms with Gasteiger partial charge in [-0.1, -0.05) is 11.8 Å². The lowest BCUT2D eigenvalue weighted by Gasteiger charge is -2.39. The number of thioether (sulfide) groups is 1. The Hall–Kier alpha value is -1.95. The molecule has 0 unspecified atom stereocenters. The highest BCUT2D eigenvalue weighted by Gasteiger charge is 2.29. The summed E-state index contributed by atoms with van der Waals surface area (Å²) in [5, 5.41) is 9.19. The van der Waals surface area contributed by atoms with Gasteiger partial charge in [0.05, 0.1) is 23.9 Å². The molecule has 0 bridgehead atoms. The summed E-state index contributed by atoms with van der Waals surface area (Å²) < 4.78 is 34.2. The maximum Gasteiger partial charge on any atom is 0.243 e. The van der Waals surface area contributed by atoms with Crippen LogP contribution < -0.4 is 0 Å². The Morgan fingerprint density at radius 1 is 1.09 bits per heavy atom. The summed E-state index contributed by atoms with van der Waals surface area (Å²) in [4.78, 5) is 15.1. The molecule has 4 rings (SSSR count). The number of aromatic nitrogens is 3. The normalized spacial score (nSPS) is 22.5. The molecule has 9 nitrogen and oxygen atoms in total. The van der Waals surface area contributed by atoms with Crippen molar-refractivity contribution in [2.45, 2.75) is 55.2 Å². The lowest BCUT2D eigenvalue weighted by atomic mass is 9.98. The molecule has 1 aromatic carbocycles. The first kappa shape index (κ1) is 24.2. The molecule has 3 heterocycles. The number of sulfonamides is 1. The summed E-state index contributed by atoms with van der Waals surface area (Å²) in [5.41, 5.74) is 0.766. The van der Waals surface area contributed by atoms with Crippen molar-refractivity contribution >= 4 is 27.7 Å². The van der Waals surface area contributed by atoms with E-state index in [9.17, 15) is 13.2 Å². The van der Waals surface area contributed by atoms with Gasteiger partial charge in [0.25, 0.3) is 0 Å². The fourth-order valence-corrected chi connectivity index (χ4v) is 6.71. The van der Waals surface area contributed by atoms with Gasteiger partial charge in [-0.25, -0.2) is 8.42 Å². The molecule has 0 spiro atoms. The number of hydrogen-bond acceptors (Lipinski definition) is 7. The first-order valence-corrected chi connectivity index (χ1v) is 13.7. The zero-order valence-corrected chi connectivity index (χ0v) is 20.9. The van der Waals surface area contributed by atoms with Gasteiger partial charge in [-0.15, -0.1) is 10.2 Å². The lowest BCUT2D eigenvalue weighted by Crippen LogP contribution is -2.48. The Kier molecular flexibility index (Phi) is 7.42. The van der Waals surface area contributed by atoms with Crippen molar-refractivity contribution in [3.8, 4) is 11.4 Å². The summed E-state index contributed by atoms with van der Waals surface area (Å²) in [6.07, 6.45) is 3.26. The highest BCUT2D eigenvalue weighted by atomic mass is 32.2. The van der Waals surface area contributed by atoms with E-state index in [-0.39, 0.29) is 22.9 Å². The highest BCUT2D eigenvalue weighted by Crippen LogP contribution is 2.27. The molecule has 2 aliphatic rings. The van der Waals surface area contributed by atoms with Gasteiger partial charge in [-0.05, 0) is 57.4 Å². The second kappa shape index (κ2) is 10.1. The number of nitrogens with zero attached hydrogens (tertiary/aromatic N) is 5. The molecule has 1 aromatic heterocycles. The van der Waals surface area contributed by atoms with Gasteiger partial charge in [0.1, 0.15) is 0 Å². The molecular weight excluding hydrogens is 462 g/mol. The zero-order chi connectivity index (χ0) is 23.6. The van der Waals surface area contributed by atoms with Crippen molar-refractivity contribution in [2.75, 3.05) is 32.1 Å².